The Morgan fingerprint density at radius 3 is 2.61 bits per heavy atom. The molecular formula is C20H15F3N4O4. The fraction of sp³-hybridized carbons (Fsp3) is 0.150. The van der Waals surface area contributed by atoms with E-state index < -0.39 is 17.8 Å². The summed E-state index contributed by atoms with van der Waals surface area (Å²) in [5.74, 6) is 0.225. The van der Waals surface area contributed by atoms with Crippen LogP contribution in [0.3, 0.4) is 0 Å². The zero-order valence-electron chi connectivity index (χ0n) is 16.2. The van der Waals surface area contributed by atoms with Crippen LogP contribution in [0.4, 0.5) is 18.9 Å². The van der Waals surface area contributed by atoms with Gasteiger partial charge in [-0.15, -0.1) is 0 Å². The Balaban J connectivity index is 1.80. The van der Waals surface area contributed by atoms with Gasteiger partial charge in [0, 0.05) is 6.07 Å². The van der Waals surface area contributed by atoms with Gasteiger partial charge >= 0.3 is 6.18 Å². The van der Waals surface area contributed by atoms with E-state index in [0.29, 0.717) is 21.7 Å². The van der Waals surface area contributed by atoms with Gasteiger partial charge in [-0.05, 0) is 30.3 Å². The van der Waals surface area contributed by atoms with Gasteiger partial charge < -0.3 is 19.2 Å². The van der Waals surface area contributed by atoms with Gasteiger partial charge in [-0.1, -0.05) is 0 Å². The number of hydrogen-bond acceptors (Lipinski definition) is 6. The third-order valence-electron chi connectivity index (χ3n) is 4.44. The summed E-state index contributed by atoms with van der Waals surface area (Å²) in [4.78, 5) is 17.1. The first-order chi connectivity index (χ1) is 14.8. The highest BCUT2D eigenvalue weighted by Gasteiger charge is 2.36. The van der Waals surface area contributed by atoms with Gasteiger partial charge in [0.2, 0.25) is 0 Å². The van der Waals surface area contributed by atoms with Crippen LogP contribution in [0.2, 0.25) is 0 Å². The quantitative estimate of drug-likeness (QED) is 0.506. The monoisotopic (exact) mass is 432 g/mol. The molecule has 11 heteroatoms. The number of hydrogen-bond donors (Lipinski definition) is 1. The maximum atomic E-state index is 13.6. The Morgan fingerprint density at radius 1 is 1.16 bits per heavy atom. The molecule has 0 saturated carbocycles. The highest BCUT2D eigenvalue weighted by atomic mass is 19.4. The number of nitrogens with zero attached hydrogens (tertiary/aromatic N) is 3. The topological polar surface area (TPSA) is 90.9 Å². The van der Waals surface area contributed by atoms with Gasteiger partial charge in [-0.25, -0.2) is 9.50 Å². The normalized spacial score (nSPS) is 11.5. The lowest BCUT2D eigenvalue weighted by atomic mass is 10.2. The molecule has 0 aliphatic heterocycles. The summed E-state index contributed by atoms with van der Waals surface area (Å²) in [6, 6.07) is 8.51. The number of nitrogens with one attached hydrogen (secondary N) is 1. The van der Waals surface area contributed by atoms with Gasteiger partial charge in [-0.2, -0.15) is 18.3 Å². The highest BCUT2D eigenvalue weighted by Crippen LogP contribution is 2.33. The van der Waals surface area contributed by atoms with Crippen LogP contribution in [0.25, 0.3) is 17.1 Å². The van der Waals surface area contributed by atoms with E-state index in [9.17, 15) is 18.0 Å². The molecule has 0 aliphatic carbocycles. The Morgan fingerprint density at radius 2 is 1.97 bits per heavy atom. The van der Waals surface area contributed by atoms with Crippen molar-refractivity contribution in [3.63, 3.8) is 0 Å². The summed E-state index contributed by atoms with van der Waals surface area (Å²) in [6.45, 7) is 0. The molecule has 0 unspecified atom stereocenters. The van der Waals surface area contributed by atoms with Crippen molar-refractivity contribution < 1.29 is 31.9 Å². The molecule has 1 N–H and O–H groups in total. The zero-order valence-corrected chi connectivity index (χ0v) is 16.2. The van der Waals surface area contributed by atoms with E-state index >= 15 is 0 Å². The fourth-order valence-corrected chi connectivity index (χ4v) is 2.97. The van der Waals surface area contributed by atoms with Crippen molar-refractivity contribution in [1.29, 1.82) is 0 Å². The smallest absolute Gasteiger partial charge is 0.433 e. The molecule has 3 aromatic heterocycles. The molecule has 4 aromatic rings. The molecule has 8 nitrogen and oxygen atoms in total. The van der Waals surface area contributed by atoms with Crippen molar-refractivity contribution in [2.45, 2.75) is 6.18 Å². The molecule has 1 aromatic carbocycles. The van der Waals surface area contributed by atoms with Crippen LogP contribution >= 0.6 is 0 Å². The number of halogens is 3. The molecule has 0 saturated heterocycles. The van der Waals surface area contributed by atoms with Crippen LogP contribution in [-0.4, -0.2) is 34.7 Å². The van der Waals surface area contributed by atoms with E-state index in [-0.39, 0.29) is 22.7 Å². The Labute approximate surface area is 173 Å². The Hall–Kier alpha value is -4.02. The summed E-state index contributed by atoms with van der Waals surface area (Å²) in [6.07, 6.45) is -2.40. The standard InChI is InChI=1S/C20H15F3N4O4/c1-29-11-5-6-13(16(8-11)30-2)26-19(28)12-10-24-27-17(20(21,22)23)9-14(25-18(12)27)15-4-3-7-31-15/h3-10H,1-2H3,(H,26,28). The van der Waals surface area contributed by atoms with E-state index in [0.717, 1.165) is 12.3 Å². The summed E-state index contributed by atoms with van der Waals surface area (Å²) in [5, 5.41) is 6.33. The number of rotatable bonds is 5. The fourth-order valence-electron chi connectivity index (χ4n) is 2.97. The number of fused-ring (bicyclic) bond motifs is 1. The average Bonchev–Trinajstić information content (AvgIpc) is 3.42. The number of methoxy groups -OCH3 is 2. The lowest BCUT2D eigenvalue weighted by molar-refractivity contribution is -0.142. The van der Waals surface area contributed by atoms with E-state index in [4.69, 9.17) is 13.9 Å². The first kappa shape index (κ1) is 20.3. The predicted molar refractivity (Wildman–Crippen MR) is 103 cm³/mol. The minimum atomic E-state index is -4.73. The van der Waals surface area contributed by atoms with Crippen molar-refractivity contribution >= 4 is 17.2 Å². The van der Waals surface area contributed by atoms with Crippen LogP contribution in [0, 0.1) is 0 Å². The molecule has 0 aliphatic rings. The number of ether oxygens (including phenoxy) is 2. The molecule has 31 heavy (non-hydrogen) atoms. The van der Waals surface area contributed by atoms with Gasteiger partial charge in [0.15, 0.2) is 17.1 Å². The second-order valence-electron chi connectivity index (χ2n) is 6.32. The number of anilines is 1. The third-order valence-corrected chi connectivity index (χ3v) is 4.44. The van der Waals surface area contributed by atoms with Crippen LogP contribution in [0.5, 0.6) is 11.5 Å². The van der Waals surface area contributed by atoms with Crippen molar-refractivity contribution in [2.24, 2.45) is 0 Å². The molecular weight excluding hydrogens is 417 g/mol. The number of amides is 1. The summed E-state index contributed by atoms with van der Waals surface area (Å²) in [5.41, 5.74) is -1.31. The van der Waals surface area contributed by atoms with Gasteiger partial charge in [-0.3, -0.25) is 4.79 Å². The molecule has 0 spiro atoms. The second kappa shape index (κ2) is 7.67. The molecule has 160 valence electrons. The Bertz CT molecular complexity index is 1250. The van der Waals surface area contributed by atoms with Gasteiger partial charge in [0.25, 0.3) is 5.91 Å². The molecule has 0 atom stereocenters. The molecule has 0 bridgehead atoms. The number of carbonyl (C=O) groups excluding carboxylic acids is 1. The highest BCUT2D eigenvalue weighted by molar-refractivity contribution is 6.08. The van der Waals surface area contributed by atoms with E-state index in [2.05, 4.69) is 15.4 Å². The van der Waals surface area contributed by atoms with Crippen molar-refractivity contribution in [3.05, 3.63) is 60.1 Å². The number of alkyl halides is 3. The van der Waals surface area contributed by atoms with E-state index in [1.165, 1.54) is 32.6 Å². The number of aromatic nitrogens is 3. The van der Waals surface area contributed by atoms with Crippen molar-refractivity contribution in [1.82, 2.24) is 14.6 Å². The maximum absolute atomic E-state index is 13.6. The molecule has 3 heterocycles. The molecule has 0 radical (unpaired) electrons. The van der Waals surface area contributed by atoms with Crippen LogP contribution in [0.15, 0.2) is 53.3 Å². The molecule has 4 rings (SSSR count). The minimum absolute atomic E-state index is 0.0820. The average molecular weight is 432 g/mol. The minimum Gasteiger partial charge on any atom is -0.497 e. The first-order valence-corrected chi connectivity index (χ1v) is 8.85. The van der Waals surface area contributed by atoms with Crippen LogP contribution < -0.4 is 14.8 Å². The predicted octanol–water partition coefficient (Wildman–Crippen LogP) is 4.28. The Kier molecular flexibility index (Phi) is 5.01. The lowest BCUT2D eigenvalue weighted by Gasteiger charge is -2.12. The first-order valence-electron chi connectivity index (χ1n) is 8.85. The van der Waals surface area contributed by atoms with E-state index in [1.807, 2.05) is 0 Å². The zero-order chi connectivity index (χ0) is 22.2. The summed E-state index contributed by atoms with van der Waals surface area (Å²) >= 11 is 0. The number of carbonyl (C=O) groups is 1. The maximum Gasteiger partial charge on any atom is 0.433 e. The van der Waals surface area contributed by atoms with Gasteiger partial charge in [0.1, 0.15) is 22.8 Å². The van der Waals surface area contributed by atoms with Crippen LogP contribution in [-0.2, 0) is 6.18 Å². The number of benzene rings is 1. The lowest BCUT2D eigenvalue weighted by Crippen LogP contribution is -2.16. The third kappa shape index (κ3) is 3.77. The SMILES string of the molecule is COc1ccc(NC(=O)c2cnn3c(C(F)(F)F)cc(-c4ccco4)nc23)c(OC)c1. The summed E-state index contributed by atoms with van der Waals surface area (Å²) in [7, 11) is 2.89. The largest absolute Gasteiger partial charge is 0.497 e. The molecule has 1 amide bonds. The van der Waals surface area contributed by atoms with Crippen molar-refractivity contribution in [3.8, 4) is 23.0 Å². The van der Waals surface area contributed by atoms with Gasteiger partial charge in [0.05, 0.1) is 32.4 Å². The van der Waals surface area contributed by atoms with E-state index in [1.54, 1.807) is 18.2 Å². The summed E-state index contributed by atoms with van der Waals surface area (Å²) < 4.78 is 56.9. The molecule has 0 fully saturated rings. The second-order valence-corrected chi connectivity index (χ2v) is 6.32. The van der Waals surface area contributed by atoms with Crippen molar-refractivity contribution in [2.75, 3.05) is 19.5 Å². The van der Waals surface area contributed by atoms with Crippen LogP contribution in [0.1, 0.15) is 16.1 Å². The number of furan rings is 1.